The standard InChI is InChI=1S/C9H15F2NO/c1-3-5-7-6-12(4-2)8(13)9(7,10)11/h7H,3-6H2,1-2H3. The van der Waals surface area contributed by atoms with E-state index < -0.39 is 17.7 Å². The van der Waals surface area contributed by atoms with Crippen LogP contribution in [0, 0.1) is 5.92 Å². The number of rotatable bonds is 3. The fourth-order valence-corrected chi connectivity index (χ4v) is 1.74. The number of carbonyl (C=O) groups excluding carboxylic acids is 1. The molecule has 4 heteroatoms. The molecule has 1 fully saturated rings. The second-order valence-corrected chi connectivity index (χ2v) is 3.45. The molecule has 0 aliphatic carbocycles. The molecular formula is C9H15F2NO. The molecule has 1 unspecified atom stereocenters. The van der Waals surface area contributed by atoms with Gasteiger partial charge in [-0.25, -0.2) is 0 Å². The van der Waals surface area contributed by atoms with E-state index in [1.807, 2.05) is 6.92 Å². The number of alkyl halides is 2. The number of nitrogens with zero attached hydrogens (tertiary/aromatic N) is 1. The van der Waals surface area contributed by atoms with Crippen molar-refractivity contribution in [2.45, 2.75) is 32.6 Å². The second kappa shape index (κ2) is 3.60. The summed E-state index contributed by atoms with van der Waals surface area (Å²) < 4.78 is 26.5. The van der Waals surface area contributed by atoms with Crippen LogP contribution in [-0.2, 0) is 4.79 Å². The maximum Gasteiger partial charge on any atom is 0.329 e. The molecule has 0 spiro atoms. The van der Waals surface area contributed by atoms with E-state index in [2.05, 4.69) is 0 Å². The molecule has 0 aromatic carbocycles. The molecule has 1 aliphatic rings. The van der Waals surface area contributed by atoms with Gasteiger partial charge in [0.05, 0.1) is 0 Å². The van der Waals surface area contributed by atoms with Crippen molar-refractivity contribution in [1.29, 1.82) is 0 Å². The van der Waals surface area contributed by atoms with E-state index in [1.165, 1.54) is 4.90 Å². The summed E-state index contributed by atoms with van der Waals surface area (Å²) in [5.74, 6) is -4.88. The normalized spacial score (nSPS) is 26.9. The van der Waals surface area contributed by atoms with Crippen molar-refractivity contribution in [3.63, 3.8) is 0 Å². The maximum atomic E-state index is 13.2. The Labute approximate surface area is 76.9 Å². The van der Waals surface area contributed by atoms with Crippen molar-refractivity contribution in [2.75, 3.05) is 13.1 Å². The molecule has 0 N–H and O–H groups in total. The van der Waals surface area contributed by atoms with Crippen molar-refractivity contribution in [2.24, 2.45) is 5.92 Å². The predicted molar refractivity (Wildman–Crippen MR) is 45.6 cm³/mol. The van der Waals surface area contributed by atoms with Crippen molar-refractivity contribution >= 4 is 5.91 Å². The Morgan fingerprint density at radius 1 is 1.54 bits per heavy atom. The zero-order chi connectivity index (χ0) is 10.1. The number of hydrogen-bond donors (Lipinski definition) is 0. The van der Waals surface area contributed by atoms with Crippen LogP contribution in [0.3, 0.4) is 0 Å². The van der Waals surface area contributed by atoms with Crippen molar-refractivity contribution in [3.8, 4) is 0 Å². The van der Waals surface area contributed by atoms with E-state index in [4.69, 9.17) is 0 Å². The van der Waals surface area contributed by atoms with Crippen LogP contribution in [0.15, 0.2) is 0 Å². The van der Waals surface area contributed by atoms with E-state index in [0.717, 1.165) is 0 Å². The van der Waals surface area contributed by atoms with Gasteiger partial charge in [-0.3, -0.25) is 4.79 Å². The summed E-state index contributed by atoms with van der Waals surface area (Å²) >= 11 is 0. The van der Waals surface area contributed by atoms with E-state index in [1.54, 1.807) is 6.92 Å². The van der Waals surface area contributed by atoms with E-state index in [-0.39, 0.29) is 6.54 Å². The zero-order valence-electron chi connectivity index (χ0n) is 8.02. The Morgan fingerprint density at radius 3 is 2.54 bits per heavy atom. The van der Waals surface area contributed by atoms with Crippen molar-refractivity contribution in [3.05, 3.63) is 0 Å². The lowest BCUT2D eigenvalue weighted by molar-refractivity contribution is -0.151. The lowest BCUT2D eigenvalue weighted by Crippen LogP contribution is -2.34. The lowest BCUT2D eigenvalue weighted by Gasteiger charge is -2.13. The minimum atomic E-state index is -3.12. The molecule has 1 saturated heterocycles. The molecule has 76 valence electrons. The molecule has 0 aromatic heterocycles. The molecule has 1 amide bonds. The third-order valence-electron chi connectivity index (χ3n) is 2.54. The monoisotopic (exact) mass is 191 g/mol. The first-order chi connectivity index (χ1) is 6.04. The first kappa shape index (κ1) is 10.4. The van der Waals surface area contributed by atoms with Gasteiger partial charge >= 0.3 is 5.92 Å². The first-order valence-electron chi connectivity index (χ1n) is 4.71. The van der Waals surface area contributed by atoms with E-state index in [0.29, 0.717) is 19.4 Å². The summed E-state index contributed by atoms with van der Waals surface area (Å²) in [5, 5.41) is 0. The molecule has 0 aromatic rings. The SMILES string of the molecule is CCCC1CN(CC)C(=O)C1(F)F. The average Bonchev–Trinajstić information content (AvgIpc) is 2.29. The van der Waals surface area contributed by atoms with Crippen LogP contribution in [0.5, 0.6) is 0 Å². The summed E-state index contributed by atoms with van der Waals surface area (Å²) in [4.78, 5) is 12.4. The highest BCUT2D eigenvalue weighted by Gasteiger charge is 2.54. The molecule has 0 saturated carbocycles. The first-order valence-corrected chi connectivity index (χ1v) is 4.71. The van der Waals surface area contributed by atoms with Crippen LogP contribution in [0.2, 0.25) is 0 Å². The highest BCUT2D eigenvalue weighted by atomic mass is 19.3. The van der Waals surface area contributed by atoms with Gasteiger partial charge in [-0.1, -0.05) is 13.3 Å². The maximum absolute atomic E-state index is 13.2. The fourth-order valence-electron chi connectivity index (χ4n) is 1.74. The van der Waals surface area contributed by atoms with Gasteiger partial charge < -0.3 is 4.90 Å². The third-order valence-corrected chi connectivity index (χ3v) is 2.54. The van der Waals surface area contributed by atoms with Gasteiger partial charge in [0.15, 0.2) is 0 Å². The van der Waals surface area contributed by atoms with Crippen molar-refractivity contribution in [1.82, 2.24) is 4.90 Å². The molecule has 1 rings (SSSR count). The fraction of sp³-hybridized carbons (Fsp3) is 0.889. The van der Waals surface area contributed by atoms with Gasteiger partial charge in [0.2, 0.25) is 0 Å². The number of likely N-dealkylation sites (tertiary alicyclic amines) is 1. The number of amides is 1. The van der Waals surface area contributed by atoms with Gasteiger partial charge in [0.1, 0.15) is 0 Å². The predicted octanol–water partition coefficient (Wildman–Crippen LogP) is 1.90. The van der Waals surface area contributed by atoms with Crippen LogP contribution in [-0.4, -0.2) is 29.8 Å². The van der Waals surface area contributed by atoms with Gasteiger partial charge in [-0.2, -0.15) is 8.78 Å². The number of carbonyl (C=O) groups is 1. The highest BCUT2D eigenvalue weighted by molar-refractivity contribution is 5.86. The Bertz CT molecular complexity index is 206. The summed E-state index contributed by atoms with van der Waals surface area (Å²) in [7, 11) is 0. The second-order valence-electron chi connectivity index (χ2n) is 3.45. The topological polar surface area (TPSA) is 20.3 Å². The smallest absolute Gasteiger partial charge is 0.329 e. The van der Waals surface area contributed by atoms with Gasteiger partial charge in [-0.15, -0.1) is 0 Å². The van der Waals surface area contributed by atoms with Gasteiger partial charge in [0, 0.05) is 19.0 Å². The van der Waals surface area contributed by atoms with Gasteiger partial charge in [0.25, 0.3) is 5.91 Å². The van der Waals surface area contributed by atoms with Crippen LogP contribution < -0.4 is 0 Å². The number of hydrogen-bond acceptors (Lipinski definition) is 1. The Morgan fingerprint density at radius 2 is 2.15 bits per heavy atom. The molecule has 0 radical (unpaired) electrons. The van der Waals surface area contributed by atoms with Crippen LogP contribution in [0.4, 0.5) is 8.78 Å². The van der Waals surface area contributed by atoms with Crippen LogP contribution in [0.1, 0.15) is 26.7 Å². The quantitative estimate of drug-likeness (QED) is 0.667. The Kier molecular flexibility index (Phi) is 2.88. The Hall–Kier alpha value is -0.670. The summed E-state index contributed by atoms with van der Waals surface area (Å²) in [6, 6.07) is 0. The number of halogens is 2. The highest BCUT2D eigenvalue weighted by Crippen LogP contribution is 2.36. The third kappa shape index (κ3) is 1.67. The minimum Gasteiger partial charge on any atom is -0.337 e. The van der Waals surface area contributed by atoms with E-state index in [9.17, 15) is 13.6 Å². The van der Waals surface area contributed by atoms with Crippen LogP contribution in [0.25, 0.3) is 0 Å². The largest absolute Gasteiger partial charge is 0.337 e. The summed E-state index contributed by atoms with van der Waals surface area (Å²) in [5.41, 5.74) is 0. The summed E-state index contributed by atoms with van der Waals surface area (Å²) in [6.07, 6.45) is 1.13. The zero-order valence-corrected chi connectivity index (χ0v) is 8.02. The molecule has 13 heavy (non-hydrogen) atoms. The average molecular weight is 191 g/mol. The van der Waals surface area contributed by atoms with Gasteiger partial charge in [-0.05, 0) is 13.3 Å². The molecule has 1 heterocycles. The molecule has 1 atom stereocenters. The molecule has 2 nitrogen and oxygen atoms in total. The Balaban J connectivity index is 2.74. The van der Waals surface area contributed by atoms with Crippen LogP contribution >= 0.6 is 0 Å². The summed E-state index contributed by atoms with van der Waals surface area (Å²) in [6.45, 7) is 4.18. The molecule has 0 bridgehead atoms. The lowest BCUT2D eigenvalue weighted by atomic mass is 9.99. The minimum absolute atomic E-state index is 0.218. The molecular weight excluding hydrogens is 176 g/mol. The molecule has 1 aliphatic heterocycles. The van der Waals surface area contributed by atoms with Crippen molar-refractivity contribution < 1.29 is 13.6 Å². The van der Waals surface area contributed by atoms with E-state index >= 15 is 0 Å².